The van der Waals surface area contributed by atoms with Crippen molar-refractivity contribution in [1.29, 1.82) is 0 Å². The van der Waals surface area contributed by atoms with Gasteiger partial charge in [-0.15, -0.1) is 0 Å². The lowest BCUT2D eigenvalue weighted by Gasteiger charge is -2.21. The molecule has 0 spiro atoms. The van der Waals surface area contributed by atoms with Crippen molar-refractivity contribution in [2.24, 2.45) is 0 Å². The molecule has 0 atom stereocenters. The molecule has 0 radical (unpaired) electrons. The van der Waals surface area contributed by atoms with Gasteiger partial charge in [-0.2, -0.15) is 0 Å². The smallest absolute Gasteiger partial charge is 0.251 e. The zero-order valence-corrected chi connectivity index (χ0v) is 25.1. The average molecular weight is 491 g/mol. The van der Waals surface area contributed by atoms with Crippen molar-refractivity contribution in [2.75, 3.05) is 0 Å². The third kappa shape index (κ3) is 6.42. The lowest BCUT2D eigenvalue weighted by molar-refractivity contribution is 0.581. The molecule has 34 heavy (non-hydrogen) atoms. The Morgan fingerprint density at radius 3 is 1.12 bits per heavy atom. The summed E-state index contributed by atoms with van der Waals surface area (Å²) in [5, 5.41) is 2.65. The van der Waals surface area contributed by atoms with E-state index in [0.717, 1.165) is 11.5 Å². The first-order chi connectivity index (χ1) is 16.2. The van der Waals surface area contributed by atoms with E-state index >= 15 is 0 Å². The van der Waals surface area contributed by atoms with Crippen molar-refractivity contribution in [3.8, 4) is 11.5 Å². The van der Waals surface area contributed by atoms with Gasteiger partial charge in [0.05, 0.1) is 0 Å². The molecule has 0 aromatic heterocycles. The summed E-state index contributed by atoms with van der Waals surface area (Å²) in [6.07, 6.45) is 0. The molecule has 0 unspecified atom stereocenters. The van der Waals surface area contributed by atoms with Crippen LogP contribution in [0.25, 0.3) is 0 Å². The summed E-state index contributed by atoms with van der Waals surface area (Å²) in [6.45, 7) is 18.1. The number of hydrogen-bond acceptors (Lipinski definition) is 2. The minimum absolute atomic E-state index is 0.457. The van der Waals surface area contributed by atoms with Gasteiger partial charge in [-0.1, -0.05) is 104 Å². The summed E-state index contributed by atoms with van der Waals surface area (Å²) in [5.41, 5.74) is 5.55. The molecule has 3 aromatic carbocycles. The molecule has 0 amide bonds. The summed E-state index contributed by atoms with van der Waals surface area (Å²) in [7, 11) is -1.68. The van der Waals surface area contributed by atoms with E-state index in [0.29, 0.717) is 23.7 Å². The molecule has 3 aromatic rings. The minimum atomic E-state index is -0.841. The fourth-order valence-corrected chi connectivity index (χ4v) is 6.67. The van der Waals surface area contributed by atoms with Crippen LogP contribution in [0, 0.1) is 0 Å². The van der Waals surface area contributed by atoms with E-state index in [1.54, 1.807) is 0 Å². The maximum absolute atomic E-state index is 6.44. The highest BCUT2D eigenvalue weighted by atomic mass is 28.2. The Hall–Kier alpha value is -2.31. The molecule has 4 heteroatoms. The zero-order chi connectivity index (χ0) is 24.8. The van der Waals surface area contributed by atoms with Gasteiger partial charge in [0.15, 0.2) is 0 Å². The Kier molecular flexibility index (Phi) is 9.20. The van der Waals surface area contributed by atoms with Crippen LogP contribution in [0.4, 0.5) is 0 Å². The summed E-state index contributed by atoms with van der Waals surface area (Å²) in [4.78, 5) is 0. The number of hydrogen-bond donors (Lipinski definition) is 0. The largest absolute Gasteiger partial charge is 0.545 e. The molecule has 0 aliphatic rings. The SMILES string of the molecule is CC(C)c1cccc(O[SiH2]c2ccc([SiH2]Oc3cccc(C(C)C)c3C(C)C)cc2)c1C(C)C. The zero-order valence-electron chi connectivity index (χ0n) is 22.3. The molecular formula is C30H42O2Si2. The van der Waals surface area contributed by atoms with E-state index in [9.17, 15) is 0 Å². The first-order valence-electron chi connectivity index (χ1n) is 12.8. The Labute approximate surface area is 212 Å². The van der Waals surface area contributed by atoms with Crippen molar-refractivity contribution < 1.29 is 8.85 Å². The van der Waals surface area contributed by atoms with Gasteiger partial charge in [-0.25, -0.2) is 0 Å². The second-order valence-electron chi connectivity index (χ2n) is 10.5. The summed E-state index contributed by atoms with van der Waals surface area (Å²) in [6, 6.07) is 22.0. The lowest BCUT2D eigenvalue weighted by Crippen LogP contribution is -2.26. The number of rotatable bonds is 10. The summed E-state index contributed by atoms with van der Waals surface area (Å²) >= 11 is 0. The van der Waals surface area contributed by atoms with Gasteiger partial charge >= 0.3 is 0 Å². The third-order valence-corrected chi connectivity index (χ3v) is 8.93. The monoisotopic (exact) mass is 490 g/mol. The second kappa shape index (κ2) is 11.9. The molecule has 0 N–H and O–H groups in total. The van der Waals surface area contributed by atoms with E-state index in [1.807, 2.05) is 0 Å². The minimum Gasteiger partial charge on any atom is -0.545 e. The molecule has 0 heterocycles. The van der Waals surface area contributed by atoms with Gasteiger partial charge < -0.3 is 8.85 Å². The van der Waals surface area contributed by atoms with Gasteiger partial charge in [0.2, 0.25) is 0 Å². The lowest BCUT2D eigenvalue weighted by atomic mass is 9.90. The number of benzene rings is 3. The molecule has 182 valence electrons. The topological polar surface area (TPSA) is 18.5 Å². The summed E-state index contributed by atoms with van der Waals surface area (Å²) in [5.74, 6) is 4.06. The highest BCUT2D eigenvalue weighted by Gasteiger charge is 2.16. The second-order valence-corrected chi connectivity index (χ2v) is 13.3. The molecular weight excluding hydrogens is 449 g/mol. The van der Waals surface area contributed by atoms with Crippen molar-refractivity contribution >= 4 is 29.9 Å². The van der Waals surface area contributed by atoms with Gasteiger partial charge in [0.25, 0.3) is 19.5 Å². The standard InChI is InChI=1S/C30H42O2Si2/c1-19(2)25-11-9-13-27(29(25)21(5)6)31-33-23-15-17-24(18-16-23)34-32-28-14-10-12-26(20(3)4)30(28)22(7)8/h9-22H,33-34H2,1-8H3. The van der Waals surface area contributed by atoms with Gasteiger partial charge in [-0.05, 0) is 68.4 Å². The van der Waals surface area contributed by atoms with Crippen molar-refractivity contribution in [1.82, 2.24) is 0 Å². The first-order valence-corrected chi connectivity index (χ1v) is 15.3. The first kappa shape index (κ1) is 26.3. The predicted octanol–water partition coefficient (Wildman–Crippen LogP) is 5.76. The molecule has 0 fully saturated rings. The molecule has 2 nitrogen and oxygen atoms in total. The van der Waals surface area contributed by atoms with Crippen LogP contribution >= 0.6 is 0 Å². The fraction of sp³-hybridized carbons (Fsp3) is 0.400. The van der Waals surface area contributed by atoms with Crippen LogP contribution in [0.1, 0.15) is 101 Å². The van der Waals surface area contributed by atoms with Gasteiger partial charge in [-0.3, -0.25) is 0 Å². The van der Waals surface area contributed by atoms with E-state index < -0.39 is 19.5 Å². The van der Waals surface area contributed by atoms with Crippen molar-refractivity contribution in [2.45, 2.75) is 79.1 Å². The average Bonchev–Trinajstić information content (AvgIpc) is 2.81. The fourth-order valence-electron chi connectivity index (χ4n) is 4.67. The molecule has 0 saturated heterocycles. The maximum Gasteiger partial charge on any atom is 0.251 e. The van der Waals surface area contributed by atoms with Crippen LogP contribution in [0.15, 0.2) is 60.7 Å². The van der Waals surface area contributed by atoms with E-state index in [2.05, 4.69) is 116 Å². The van der Waals surface area contributed by atoms with Crippen LogP contribution in [-0.2, 0) is 0 Å². The predicted molar refractivity (Wildman–Crippen MR) is 153 cm³/mol. The quantitative estimate of drug-likeness (QED) is 0.337. The molecule has 0 aliphatic carbocycles. The van der Waals surface area contributed by atoms with Crippen molar-refractivity contribution in [3.05, 3.63) is 82.9 Å². The highest BCUT2D eigenvalue weighted by molar-refractivity contribution is 6.50. The van der Waals surface area contributed by atoms with Gasteiger partial charge in [0, 0.05) is 0 Å². The van der Waals surface area contributed by atoms with Crippen LogP contribution < -0.4 is 19.2 Å². The van der Waals surface area contributed by atoms with Crippen LogP contribution in [0.2, 0.25) is 0 Å². The molecule has 0 bridgehead atoms. The Balaban J connectivity index is 1.68. The van der Waals surface area contributed by atoms with E-state index in [-0.39, 0.29) is 0 Å². The molecule has 0 aliphatic heterocycles. The van der Waals surface area contributed by atoms with Crippen molar-refractivity contribution in [3.63, 3.8) is 0 Å². The summed E-state index contributed by atoms with van der Waals surface area (Å²) < 4.78 is 12.9. The molecule has 3 rings (SSSR count). The van der Waals surface area contributed by atoms with E-state index in [4.69, 9.17) is 8.85 Å². The van der Waals surface area contributed by atoms with Crippen LogP contribution in [-0.4, -0.2) is 19.5 Å². The Morgan fingerprint density at radius 1 is 0.471 bits per heavy atom. The Bertz CT molecular complexity index is 983. The van der Waals surface area contributed by atoms with Crippen LogP contribution in [0.3, 0.4) is 0 Å². The normalized spacial score (nSPS) is 12.4. The highest BCUT2D eigenvalue weighted by Crippen LogP contribution is 2.34. The Morgan fingerprint density at radius 2 is 0.824 bits per heavy atom. The molecule has 0 saturated carbocycles. The maximum atomic E-state index is 6.44. The van der Waals surface area contributed by atoms with Gasteiger partial charge in [0.1, 0.15) is 11.5 Å². The van der Waals surface area contributed by atoms with E-state index in [1.165, 1.54) is 32.6 Å². The van der Waals surface area contributed by atoms with Crippen LogP contribution in [0.5, 0.6) is 11.5 Å². The third-order valence-electron chi connectivity index (χ3n) is 6.41.